The van der Waals surface area contributed by atoms with Crippen LogP contribution >= 0.6 is 0 Å². The van der Waals surface area contributed by atoms with Gasteiger partial charge in [-0.2, -0.15) is 4.57 Å². The number of hydrogen-bond acceptors (Lipinski definition) is 5. The smallest absolute Gasteiger partial charge is 0.330 e. The highest BCUT2D eigenvalue weighted by molar-refractivity contribution is 5.53. The quantitative estimate of drug-likeness (QED) is 0.0337. The first-order valence-electron chi connectivity index (χ1n) is 19.6. The van der Waals surface area contributed by atoms with Crippen molar-refractivity contribution in [2.75, 3.05) is 6.54 Å². The Balaban J connectivity index is 1.16. The molecule has 9 heteroatoms. The van der Waals surface area contributed by atoms with Gasteiger partial charge in [0, 0.05) is 41.8 Å². The third-order valence-corrected chi connectivity index (χ3v) is 9.73. The molecule has 2 N–H and O–H groups in total. The summed E-state index contributed by atoms with van der Waals surface area (Å²) >= 11 is 0. The van der Waals surface area contributed by atoms with E-state index in [0.717, 1.165) is 37.6 Å². The van der Waals surface area contributed by atoms with E-state index in [4.69, 9.17) is 5.73 Å². The largest absolute Gasteiger partial charge is 0.347 e. The van der Waals surface area contributed by atoms with Crippen LogP contribution in [0.15, 0.2) is 67.3 Å². The molecule has 3 rings (SSSR count). The number of nitro groups is 2. The molecule has 0 fully saturated rings. The second kappa shape index (κ2) is 25.3. The lowest BCUT2D eigenvalue weighted by Crippen LogP contribution is -2.33. The molecule has 0 bridgehead atoms. The Labute approximate surface area is 300 Å². The molecule has 1 aromatic carbocycles. The van der Waals surface area contributed by atoms with E-state index < -0.39 is 9.85 Å². The Morgan fingerprint density at radius 2 is 1.02 bits per heavy atom. The van der Waals surface area contributed by atoms with Crippen molar-refractivity contribution in [3.63, 3.8) is 0 Å². The molecule has 2 aromatic heterocycles. The van der Waals surface area contributed by atoms with Gasteiger partial charge in [-0.15, -0.1) is 0 Å². The van der Waals surface area contributed by atoms with Gasteiger partial charge in [0.15, 0.2) is 24.8 Å². The van der Waals surface area contributed by atoms with Crippen LogP contribution in [0.5, 0.6) is 0 Å². The average molecular weight is 690 g/mol. The summed E-state index contributed by atoms with van der Waals surface area (Å²) in [5.41, 5.74) is 7.91. The van der Waals surface area contributed by atoms with Crippen LogP contribution in [0.4, 0.5) is 11.4 Å². The Morgan fingerprint density at radius 1 is 0.540 bits per heavy atom. The molecule has 0 saturated carbocycles. The van der Waals surface area contributed by atoms with Crippen LogP contribution in [0.1, 0.15) is 146 Å². The van der Waals surface area contributed by atoms with Gasteiger partial charge in [-0.25, -0.2) is 4.57 Å². The Hall–Kier alpha value is -3.72. The van der Waals surface area contributed by atoms with Crippen molar-refractivity contribution >= 4 is 11.4 Å². The maximum Gasteiger partial charge on any atom is 0.347 e. The first kappa shape index (κ1) is 40.7. The second-order valence-corrected chi connectivity index (χ2v) is 14.0. The molecule has 0 spiro atoms. The molecule has 50 heavy (non-hydrogen) atoms. The van der Waals surface area contributed by atoms with E-state index >= 15 is 0 Å². The predicted octanol–water partition coefficient (Wildman–Crippen LogP) is 10.0. The summed E-state index contributed by atoms with van der Waals surface area (Å²) in [6.45, 7) is 1.96. The highest BCUT2D eigenvalue weighted by atomic mass is 16.6. The van der Waals surface area contributed by atoms with Crippen LogP contribution < -0.4 is 14.9 Å². The van der Waals surface area contributed by atoms with Crippen LogP contribution in [-0.2, 0) is 19.4 Å². The maximum atomic E-state index is 11.6. The third kappa shape index (κ3) is 16.8. The number of nitrogens with two attached hydrogens (primary N) is 1. The van der Waals surface area contributed by atoms with Gasteiger partial charge in [0.05, 0.1) is 9.85 Å². The molecule has 3 aromatic rings. The molecule has 0 aliphatic carbocycles. The first-order chi connectivity index (χ1) is 24.5. The number of pyridine rings is 2. The first-order valence-corrected chi connectivity index (χ1v) is 19.6. The minimum atomic E-state index is -0.614. The van der Waals surface area contributed by atoms with Crippen molar-refractivity contribution in [1.82, 2.24) is 0 Å². The van der Waals surface area contributed by atoms with Crippen molar-refractivity contribution in [2.45, 2.75) is 154 Å². The molecule has 0 radical (unpaired) electrons. The number of non-ortho nitro benzene ring substituents is 1. The molecule has 0 atom stereocenters. The van der Waals surface area contributed by atoms with Crippen molar-refractivity contribution in [3.8, 4) is 5.69 Å². The molecule has 0 unspecified atom stereocenters. The Bertz CT molecular complexity index is 1400. The van der Waals surface area contributed by atoms with Gasteiger partial charge < -0.3 is 5.73 Å². The second-order valence-electron chi connectivity index (χ2n) is 14.0. The van der Waals surface area contributed by atoms with Crippen molar-refractivity contribution in [2.24, 2.45) is 5.73 Å². The topological polar surface area (TPSA) is 120 Å². The Kier molecular flexibility index (Phi) is 20.6. The van der Waals surface area contributed by atoms with E-state index in [1.54, 1.807) is 10.8 Å². The molecule has 0 amide bonds. The van der Waals surface area contributed by atoms with Gasteiger partial charge in [-0.3, -0.25) is 20.2 Å². The molecule has 0 saturated heterocycles. The SMILES string of the molecule is NCCCCCCCCCCCCCc1ccc[n+](CCCCCCCCCCCCc2ccc[n+](-c3ccc([N+](=O)[O-])cc3[N+](=O)[O-])c2)c1. The zero-order chi connectivity index (χ0) is 35.7. The molecule has 2 heterocycles. The number of rotatable bonds is 29. The zero-order valence-electron chi connectivity index (χ0n) is 30.5. The van der Waals surface area contributed by atoms with Crippen LogP contribution in [0.3, 0.4) is 0 Å². The minimum absolute atomic E-state index is 0.274. The number of aromatic nitrogens is 2. The molecule has 0 aliphatic heterocycles. The van der Waals surface area contributed by atoms with Gasteiger partial charge >= 0.3 is 5.69 Å². The highest BCUT2D eigenvalue weighted by Crippen LogP contribution is 2.25. The van der Waals surface area contributed by atoms with Gasteiger partial charge in [0.25, 0.3) is 11.4 Å². The third-order valence-electron chi connectivity index (χ3n) is 9.73. The van der Waals surface area contributed by atoms with Crippen LogP contribution in [0, 0.1) is 20.2 Å². The van der Waals surface area contributed by atoms with Crippen LogP contribution in [0.2, 0.25) is 0 Å². The van der Waals surface area contributed by atoms with E-state index in [1.807, 2.05) is 18.3 Å². The number of unbranched alkanes of at least 4 members (excludes halogenated alkanes) is 19. The minimum Gasteiger partial charge on any atom is -0.330 e. The van der Waals surface area contributed by atoms with Crippen LogP contribution in [-0.4, -0.2) is 16.4 Å². The number of aryl methyl sites for hydroxylation is 3. The molecule has 0 aliphatic rings. The van der Waals surface area contributed by atoms with E-state index in [-0.39, 0.29) is 11.4 Å². The summed E-state index contributed by atoms with van der Waals surface area (Å²) in [5, 5.41) is 22.6. The lowest BCUT2D eigenvalue weighted by molar-refractivity contribution is -0.697. The fourth-order valence-electron chi connectivity index (χ4n) is 6.78. The van der Waals surface area contributed by atoms with Crippen molar-refractivity contribution < 1.29 is 19.0 Å². The van der Waals surface area contributed by atoms with Crippen LogP contribution in [0.25, 0.3) is 5.69 Å². The zero-order valence-corrected chi connectivity index (χ0v) is 30.5. The summed E-state index contributed by atoms with van der Waals surface area (Å²) in [4.78, 5) is 21.4. The summed E-state index contributed by atoms with van der Waals surface area (Å²) in [5.74, 6) is 0. The number of nitro benzene ring substituents is 2. The number of benzene rings is 1. The van der Waals surface area contributed by atoms with E-state index in [1.165, 1.54) is 153 Å². The Morgan fingerprint density at radius 3 is 1.54 bits per heavy atom. The van der Waals surface area contributed by atoms with Gasteiger partial charge in [0.2, 0.25) is 0 Å². The summed E-state index contributed by atoms with van der Waals surface area (Å²) in [6, 6.07) is 12.2. The fourth-order valence-corrected chi connectivity index (χ4v) is 6.78. The van der Waals surface area contributed by atoms with E-state index in [2.05, 4.69) is 29.1 Å². The lowest BCUT2D eigenvalue weighted by atomic mass is 10.0. The van der Waals surface area contributed by atoms with E-state index in [9.17, 15) is 20.2 Å². The van der Waals surface area contributed by atoms with Gasteiger partial charge in [-0.1, -0.05) is 103 Å². The fraction of sp³-hybridized carbons (Fsp3) is 0.610. The summed E-state index contributed by atoms with van der Waals surface area (Å²) < 4.78 is 4.07. The standard InChI is InChI=1S/C41H63N5O4/c42-30-20-16-12-8-4-1-2-6-10-14-18-24-37-26-22-32-43(35-37)31-21-17-13-9-5-3-7-11-15-19-25-38-27-23-33-44(36-38)40-29-28-39(45(47)48)34-41(40)46(49)50/h22-23,26-29,32-36H,1-21,24-25,30-31,42H2/q+2. The van der Waals surface area contributed by atoms with E-state index in [0.29, 0.717) is 5.69 Å². The molecular formula is C41H63N5O4+2. The molecule has 274 valence electrons. The van der Waals surface area contributed by atoms with Gasteiger partial charge in [-0.05, 0) is 57.2 Å². The average Bonchev–Trinajstić information content (AvgIpc) is 3.12. The van der Waals surface area contributed by atoms with Crippen molar-refractivity contribution in [3.05, 3.63) is 98.6 Å². The normalized spacial score (nSPS) is 11.2. The highest BCUT2D eigenvalue weighted by Gasteiger charge is 2.26. The monoisotopic (exact) mass is 689 g/mol. The summed E-state index contributed by atoms with van der Waals surface area (Å²) in [7, 11) is 0. The summed E-state index contributed by atoms with van der Waals surface area (Å²) in [6.07, 6.45) is 37.7. The number of hydrogen-bond donors (Lipinski definition) is 1. The predicted molar refractivity (Wildman–Crippen MR) is 201 cm³/mol. The number of nitrogens with zero attached hydrogens (tertiary/aromatic N) is 4. The lowest BCUT2D eigenvalue weighted by Gasteiger charge is -2.04. The maximum absolute atomic E-state index is 11.6. The molecule has 9 nitrogen and oxygen atoms in total. The van der Waals surface area contributed by atoms with Crippen molar-refractivity contribution in [1.29, 1.82) is 0 Å². The molecular weight excluding hydrogens is 626 g/mol. The van der Waals surface area contributed by atoms with Gasteiger partial charge in [0.1, 0.15) is 12.6 Å².